The SMILES string of the molecule is Cc1ccc(S(=O)(=O)n2cc(B3OC(C)(C)C(C)(C)O3)c3cc(-c4nnc(C5CC5)o4)ccc32)cc1. The van der Waals surface area contributed by atoms with E-state index in [1.807, 2.05) is 46.8 Å². The van der Waals surface area contributed by atoms with Gasteiger partial charge >= 0.3 is 7.12 Å². The Morgan fingerprint density at radius 2 is 1.64 bits per heavy atom. The predicted molar refractivity (Wildman–Crippen MR) is 137 cm³/mol. The summed E-state index contributed by atoms with van der Waals surface area (Å²) in [4.78, 5) is 0.209. The van der Waals surface area contributed by atoms with Crippen molar-refractivity contribution in [3.05, 3.63) is 60.1 Å². The zero-order chi connectivity index (χ0) is 25.5. The molecular weight excluding hydrogens is 477 g/mol. The molecule has 0 N–H and O–H groups in total. The topological polar surface area (TPSA) is 96.5 Å². The molecule has 4 aromatic rings. The second-order valence-electron chi connectivity index (χ2n) is 10.7. The van der Waals surface area contributed by atoms with Gasteiger partial charge in [-0.2, -0.15) is 0 Å². The number of aryl methyl sites for hydroxylation is 1. The molecule has 36 heavy (non-hydrogen) atoms. The molecule has 1 saturated heterocycles. The normalized spacial score (nSPS) is 19.3. The Labute approximate surface area is 210 Å². The lowest BCUT2D eigenvalue weighted by Gasteiger charge is -2.32. The molecule has 3 heterocycles. The van der Waals surface area contributed by atoms with Crippen LogP contribution in [0.2, 0.25) is 0 Å². The Morgan fingerprint density at radius 1 is 0.972 bits per heavy atom. The van der Waals surface area contributed by atoms with E-state index in [1.165, 1.54) is 3.97 Å². The molecule has 0 bridgehead atoms. The van der Waals surface area contributed by atoms with E-state index in [-0.39, 0.29) is 4.90 Å². The van der Waals surface area contributed by atoms with Crippen LogP contribution in [0.25, 0.3) is 22.4 Å². The van der Waals surface area contributed by atoms with Gasteiger partial charge in [-0.25, -0.2) is 12.4 Å². The van der Waals surface area contributed by atoms with Crippen LogP contribution >= 0.6 is 0 Å². The standard InChI is InChI=1S/C26H28BN3O5S/c1-16-6-11-19(12-7-16)36(31,32)30-15-21(27-34-25(2,3)26(4,5)35-27)20-14-18(10-13-22(20)30)24-29-28-23(33-24)17-8-9-17/h6-7,10-15,17H,8-9H2,1-5H3. The summed E-state index contributed by atoms with van der Waals surface area (Å²) in [5.74, 6) is 1.40. The second-order valence-corrected chi connectivity index (χ2v) is 12.6. The maximum atomic E-state index is 13.7. The van der Waals surface area contributed by atoms with E-state index in [0.29, 0.717) is 39.6 Å². The van der Waals surface area contributed by atoms with E-state index in [0.717, 1.165) is 18.4 Å². The van der Waals surface area contributed by atoms with E-state index >= 15 is 0 Å². The molecule has 1 saturated carbocycles. The number of rotatable bonds is 5. The highest BCUT2D eigenvalue weighted by Crippen LogP contribution is 2.41. The molecule has 10 heteroatoms. The summed E-state index contributed by atoms with van der Waals surface area (Å²) >= 11 is 0. The molecule has 6 rings (SSSR count). The molecule has 8 nitrogen and oxygen atoms in total. The predicted octanol–water partition coefficient (Wildman–Crippen LogP) is 4.41. The largest absolute Gasteiger partial charge is 0.497 e. The van der Waals surface area contributed by atoms with Gasteiger partial charge in [0.2, 0.25) is 11.8 Å². The van der Waals surface area contributed by atoms with Crippen LogP contribution < -0.4 is 5.46 Å². The fourth-order valence-corrected chi connectivity index (χ4v) is 5.76. The monoisotopic (exact) mass is 505 g/mol. The second kappa shape index (κ2) is 7.78. The van der Waals surface area contributed by atoms with Crippen molar-refractivity contribution in [2.45, 2.75) is 69.5 Å². The molecule has 1 aliphatic heterocycles. The number of hydrogen-bond donors (Lipinski definition) is 0. The van der Waals surface area contributed by atoms with E-state index in [2.05, 4.69) is 10.2 Å². The number of aromatic nitrogens is 3. The summed E-state index contributed by atoms with van der Waals surface area (Å²) in [5, 5.41) is 9.12. The van der Waals surface area contributed by atoms with Crippen molar-refractivity contribution in [1.82, 2.24) is 14.2 Å². The molecule has 0 radical (unpaired) electrons. The first-order valence-corrected chi connectivity index (χ1v) is 13.6. The third kappa shape index (κ3) is 3.70. The van der Waals surface area contributed by atoms with Crippen molar-refractivity contribution in [1.29, 1.82) is 0 Å². The maximum Gasteiger partial charge on any atom is 0.497 e. The molecule has 2 aliphatic rings. The Balaban J connectivity index is 1.52. The van der Waals surface area contributed by atoms with Crippen LogP contribution in [0, 0.1) is 6.92 Å². The van der Waals surface area contributed by atoms with Crippen LogP contribution in [0.3, 0.4) is 0 Å². The number of nitrogens with zero attached hydrogens (tertiary/aromatic N) is 3. The third-order valence-electron chi connectivity index (χ3n) is 7.50. The summed E-state index contributed by atoms with van der Waals surface area (Å²) in [7, 11) is -4.61. The fourth-order valence-electron chi connectivity index (χ4n) is 4.38. The van der Waals surface area contributed by atoms with Crippen molar-refractivity contribution >= 4 is 33.5 Å². The van der Waals surface area contributed by atoms with E-state index in [9.17, 15) is 8.42 Å². The van der Waals surface area contributed by atoms with Gasteiger partial charge in [-0.05, 0) is 77.8 Å². The van der Waals surface area contributed by atoms with Crippen molar-refractivity contribution < 1.29 is 22.1 Å². The van der Waals surface area contributed by atoms with Gasteiger partial charge in [-0.1, -0.05) is 17.7 Å². The van der Waals surface area contributed by atoms with Crippen molar-refractivity contribution in [2.24, 2.45) is 0 Å². The van der Waals surface area contributed by atoms with Crippen LogP contribution in [0.1, 0.15) is 57.9 Å². The summed E-state index contributed by atoms with van der Waals surface area (Å²) in [6.07, 6.45) is 3.73. The van der Waals surface area contributed by atoms with Gasteiger partial charge in [0, 0.05) is 28.5 Å². The van der Waals surface area contributed by atoms with E-state index in [1.54, 1.807) is 36.5 Å². The lowest BCUT2D eigenvalue weighted by Crippen LogP contribution is -2.41. The number of hydrogen-bond acceptors (Lipinski definition) is 7. The van der Waals surface area contributed by atoms with Gasteiger partial charge in [0.25, 0.3) is 10.0 Å². The van der Waals surface area contributed by atoms with Crippen LogP contribution in [-0.4, -0.2) is 40.9 Å². The minimum absolute atomic E-state index is 0.209. The van der Waals surface area contributed by atoms with Crippen molar-refractivity contribution in [2.75, 3.05) is 0 Å². The molecule has 0 spiro atoms. The highest BCUT2D eigenvalue weighted by molar-refractivity contribution is 7.90. The average Bonchev–Trinajstić information content (AvgIpc) is 3.33. The minimum atomic E-state index is -3.87. The third-order valence-corrected chi connectivity index (χ3v) is 9.19. The van der Waals surface area contributed by atoms with Crippen LogP contribution in [-0.2, 0) is 19.3 Å². The van der Waals surface area contributed by atoms with Crippen molar-refractivity contribution in [3.63, 3.8) is 0 Å². The number of fused-ring (bicyclic) bond motifs is 1. The summed E-state index contributed by atoms with van der Waals surface area (Å²) < 4.78 is 47.3. The van der Waals surface area contributed by atoms with Crippen molar-refractivity contribution in [3.8, 4) is 11.5 Å². The molecule has 186 valence electrons. The molecule has 0 unspecified atom stereocenters. The lowest BCUT2D eigenvalue weighted by atomic mass is 9.79. The summed E-state index contributed by atoms with van der Waals surface area (Å²) in [6.45, 7) is 9.81. The summed E-state index contributed by atoms with van der Waals surface area (Å²) in [5.41, 5.74) is 1.69. The first kappa shape index (κ1) is 23.5. The van der Waals surface area contributed by atoms with Gasteiger partial charge in [-0.15, -0.1) is 10.2 Å². The molecule has 2 fully saturated rings. The van der Waals surface area contributed by atoms with Crippen LogP contribution in [0.4, 0.5) is 0 Å². The maximum absolute atomic E-state index is 13.7. The van der Waals surface area contributed by atoms with Gasteiger partial charge in [0.15, 0.2) is 0 Å². The Bertz CT molecular complexity index is 1570. The molecular formula is C26H28BN3O5S. The molecule has 0 amide bonds. The molecule has 1 aliphatic carbocycles. The molecule has 0 atom stereocenters. The van der Waals surface area contributed by atoms with Gasteiger partial charge < -0.3 is 13.7 Å². The Morgan fingerprint density at radius 3 is 2.28 bits per heavy atom. The smallest absolute Gasteiger partial charge is 0.420 e. The fraction of sp³-hybridized carbons (Fsp3) is 0.385. The highest BCUT2D eigenvalue weighted by atomic mass is 32.2. The molecule has 2 aromatic carbocycles. The number of benzene rings is 2. The Kier molecular flexibility index (Phi) is 5.07. The zero-order valence-corrected chi connectivity index (χ0v) is 21.8. The first-order chi connectivity index (χ1) is 17.0. The quantitative estimate of drug-likeness (QED) is 0.371. The van der Waals surface area contributed by atoms with Gasteiger partial charge in [0.1, 0.15) is 0 Å². The molecule has 2 aromatic heterocycles. The van der Waals surface area contributed by atoms with Gasteiger partial charge in [-0.3, -0.25) is 0 Å². The van der Waals surface area contributed by atoms with Gasteiger partial charge in [0.05, 0.1) is 21.6 Å². The average molecular weight is 505 g/mol. The minimum Gasteiger partial charge on any atom is -0.420 e. The summed E-state index contributed by atoms with van der Waals surface area (Å²) in [6, 6.07) is 12.3. The van der Waals surface area contributed by atoms with Crippen LogP contribution in [0.5, 0.6) is 0 Å². The van der Waals surface area contributed by atoms with E-state index in [4.69, 9.17) is 13.7 Å². The lowest BCUT2D eigenvalue weighted by molar-refractivity contribution is 0.00578. The highest BCUT2D eigenvalue weighted by Gasteiger charge is 2.52. The zero-order valence-electron chi connectivity index (χ0n) is 21.0. The van der Waals surface area contributed by atoms with E-state index < -0.39 is 28.3 Å². The van der Waals surface area contributed by atoms with Crippen LogP contribution in [0.15, 0.2) is 58.0 Å². The first-order valence-electron chi connectivity index (χ1n) is 12.1. The Hall–Kier alpha value is -2.95.